The number of hydrogen-bond donors (Lipinski definition) is 1. The van der Waals surface area contributed by atoms with Gasteiger partial charge in [0, 0.05) is 31.6 Å². The molecule has 1 heterocycles. The van der Waals surface area contributed by atoms with Crippen molar-refractivity contribution >= 4 is 46.2 Å². The van der Waals surface area contributed by atoms with Crippen LogP contribution in [0.25, 0.3) is 6.08 Å². The summed E-state index contributed by atoms with van der Waals surface area (Å²) in [6.45, 7) is -2.26. The lowest BCUT2D eigenvalue weighted by molar-refractivity contribution is -0.132. The number of carbonyl (C=O) groups is 2. The van der Waals surface area contributed by atoms with E-state index in [-0.39, 0.29) is 43.7 Å². The third-order valence-electron chi connectivity index (χ3n) is 5.01. The molecule has 1 fully saturated rings. The summed E-state index contributed by atoms with van der Waals surface area (Å²) in [5.41, 5.74) is 1.31. The van der Waals surface area contributed by atoms with Gasteiger partial charge in [-0.25, -0.2) is 0 Å². The maximum Gasteiger partial charge on any atom is 0.387 e. The van der Waals surface area contributed by atoms with Crippen LogP contribution in [0.3, 0.4) is 0 Å². The van der Waals surface area contributed by atoms with Gasteiger partial charge in [-0.3, -0.25) is 14.5 Å². The van der Waals surface area contributed by atoms with E-state index in [1.54, 1.807) is 23.1 Å². The fourth-order valence-electron chi connectivity index (χ4n) is 3.40. The van der Waals surface area contributed by atoms with Crippen LogP contribution in [0.1, 0.15) is 24.0 Å². The van der Waals surface area contributed by atoms with Gasteiger partial charge < -0.3 is 14.7 Å². The minimum atomic E-state index is -2.98. The third-order valence-corrected chi connectivity index (χ3v) is 6.38. The predicted octanol–water partition coefficient (Wildman–Crippen LogP) is 4.29. The molecule has 0 spiro atoms. The molecule has 1 aliphatic heterocycles. The number of rotatable bonds is 11. The Kier molecular flexibility index (Phi) is 9.55. The second-order valence-electron chi connectivity index (χ2n) is 7.38. The highest BCUT2D eigenvalue weighted by Gasteiger charge is 2.32. The van der Waals surface area contributed by atoms with Crippen molar-refractivity contribution in [1.82, 2.24) is 9.80 Å². The van der Waals surface area contributed by atoms with Crippen molar-refractivity contribution in [2.24, 2.45) is 0 Å². The standard InChI is InChI=1S/C24H24F2N2O4S2/c25-23(26)32-19-10-5-4-9-18(19)15-20-22(31)28(24(33)34-20)12-6-11-21(30)27(13-14-29)16-17-7-2-1-3-8-17/h1-5,7-10,15,23,29H,6,11-14,16H2/b20-15-. The van der Waals surface area contributed by atoms with Crippen molar-refractivity contribution in [3.05, 3.63) is 70.6 Å². The van der Waals surface area contributed by atoms with Crippen LogP contribution in [-0.2, 0) is 16.1 Å². The lowest BCUT2D eigenvalue weighted by Gasteiger charge is -2.22. The zero-order chi connectivity index (χ0) is 24.5. The smallest absolute Gasteiger partial charge is 0.387 e. The van der Waals surface area contributed by atoms with Gasteiger partial charge >= 0.3 is 6.61 Å². The highest BCUT2D eigenvalue weighted by atomic mass is 32.2. The zero-order valence-electron chi connectivity index (χ0n) is 18.2. The molecule has 34 heavy (non-hydrogen) atoms. The van der Waals surface area contributed by atoms with Crippen molar-refractivity contribution in [1.29, 1.82) is 0 Å². The number of thiocarbonyl (C=S) groups is 1. The summed E-state index contributed by atoms with van der Waals surface area (Å²) in [5.74, 6) is -0.501. The average Bonchev–Trinajstić information content (AvgIpc) is 3.07. The largest absolute Gasteiger partial charge is 0.434 e. The summed E-state index contributed by atoms with van der Waals surface area (Å²) in [4.78, 5) is 28.8. The fraction of sp³-hybridized carbons (Fsp3) is 0.292. The van der Waals surface area contributed by atoms with Gasteiger partial charge in [-0.1, -0.05) is 72.5 Å². The number of aliphatic hydroxyl groups is 1. The molecule has 6 nitrogen and oxygen atoms in total. The first kappa shape index (κ1) is 25.8. The van der Waals surface area contributed by atoms with Crippen LogP contribution in [0, 0.1) is 0 Å². The first-order valence-corrected chi connectivity index (χ1v) is 11.8. The maximum absolute atomic E-state index is 12.8. The van der Waals surface area contributed by atoms with E-state index in [4.69, 9.17) is 12.2 Å². The van der Waals surface area contributed by atoms with E-state index >= 15 is 0 Å². The van der Waals surface area contributed by atoms with Crippen molar-refractivity contribution in [3.63, 3.8) is 0 Å². The number of ether oxygens (including phenoxy) is 1. The number of nitrogens with zero attached hydrogens (tertiary/aromatic N) is 2. The van der Waals surface area contributed by atoms with Gasteiger partial charge in [0.15, 0.2) is 0 Å². The first-order valence-electron chi connectivity index (χ1n) is 10.6. The number of alkyl halides is 2. The topological polar surface area (TPSA) is 70.1 Å². The van der Waals surface area contributed by atoms with E-state index in [0.29, 0.717) is 27.8 Å². The van der Waals surface area contributed by atoms with E-state index in [1.807, 2.05) is 30.3 Å². The summed E-state index contributed by atoms with van der Waals surface area (Å²) < 4.78 is 30.2. The third kappa shape index (κ3) is 7.09. The van der Waals surface area contributed by atoms with Crippen LogP contribution in [0.15, 0.2) is 59.5 Å². The van der Waals surface area contributed by atoms with Crippen molar-refractivity contribution < 1.29 is 28.2 Å². The molecular weight excluding hydrogens is 482 g/mol. The number of aliphatic hydroxyl groups excluding tert-OH is 1. The number of amides is 2. The molecule has 0 saturated carbocycles. The summed E-state index contributed by atoms with van der Waals surface area (Å²) in [6, 6.07) is 15.7. The van der Waals surface area contributed by atoms with Gasteiger partial charge in [0.25, 0.3) is 5.91 Å². The minimum absolute atomic E-state index is 0.0317. The lowest BCUT2D eigenvalue weighted by Crippen LogP contribution is -2.34. The molecule has 0 atom stereocenters. The Balaban J connectivity index is 1.59. The maximum atomic E-state index is 12.8. The number of thioether (sulfide) groups is 1. The van der Waals surface area contributed by atoms with Crippen molar-refractivity contribution in [3.8, 4) is 5.75 Å². The fourth-order valence-corrected chi connectivity index (χ4v) is 4.70. The van der Waals surface area contributed by atoms with Gasteiger partial charge in [-0.15, -0.1) is 0 Å². The molecule has 0 bridgehead atoms. The van der Waals surface area contributed by atoms with Gasteiger partial charge in [0.2, 0.25) is 5.91 Å². The highest BCUT2D eigenvalue weighted by Crippen LogP contribution is 2.34. The second kappa shape index (κ2) is 12.6. The van der Waals surface area contributed by atoms with Gasteiger partial charge in [0.1, 0.15) is 10.1 Å². The quantitative estimate of drug-likeness (QED) is 0.362. The molecule has 0 aliphatic carbocycles. The van der Waals surface area contributed by atoms with Gasteiger partial charge in [-0.2, -0.15) is 8.78 Å². The minimum Gasteiger partial charge on any atom is -0.434 e. The van der Waals surface area contributed by atoms with E-state index in [1.165, 1.54) is 17.0 Å². The number of halogens is 2. The normalized spacial score (nSPS) is 14.8. The molecule has 0 aromatic heterocycles. The Bertz CT molecular complexity index is 1050. The van der Waals surface area contributed by atoms with Crippen molar-refractivity contribution in [2.45, 2.75) is 26.0 Å². The average molecular weight is 507 g/mol. The van der Waals surface area contributed by atoms with E-state index in [2.05, 4.69) is 4.74 Å². The Labute approximate surface area is 206 Å². The van der Waals surface area contributed by atoms with Crippen molar-refractivity contribution in [2.75, 3.05) is 19.7 Å². The second-order valence-corrected chi connectivity index (χ2v) is 9.05. The molecule has 0 unspecified atom stereocenters. The van der Waals surface area contributed by atoms with E-state index < -0.39 is 6.61 Å². The monoisotopic (exact) mass is 506 g/mol. The molecule has 10 heteroatoms. The molecule has 1 N–H and O–H groups in total. The van der Waals surface area contributed by atoms with Crippen LogP contribution in [-0.4, -0.2) is 57.3 Å². The molecule has 2 aromatic carbocycles. The Morgan fingerprint density at radius 3 is 2.59 bits per heavy atom. The van der Waals surface area contributed by atoms with Crippen LogP contribution >= 0.6 is 24.0 Å². The first-order chi connectivity index (χ1) is 16.4. The summed E-state index contributed by atoms with van der Waals surface area (Å²) in [6.07, 6.45) is 2.05. The van der Waals surface area contributed by atoms with Gasteiger partial charge in [-0.05, 0) is 24.1 Å². The summed E-state index contributed by atoms with van der Waals surface area (Å²) in [7, 11) is 0. The molecule has 180 valence electrons. The number of hydrogen-bond acceptors (Lipinski definition) is 6. The van der Waals surface area contributed by atoms with E-state index in [0.717, 1.165) is 17.3 Å². The molecule has 1 saturated heterocycles. The predicted molar refractivity (Wildman–Crippen MR) is 131 cm³/mol. The molecular formula is C24H24F2N2O4S2. The summed E-state index contributed by atoms with van der Waals surface area (Å²) >= 11 is 6.40. The Morgan fingerprint density at radius 1 is 1.18 bits per heavy atom. The van der Waals surface area contributed by atoms with Crippen LogP contribution in [0.5, 0.6) is 5.75 Å². The lowest BCUT2D eigenvalue weighted by atomic mass is 10.2. The number of carbonyl (C=O) groups excluding carboxylic acids is 2. The number of para-hydroxylation sites is 1. The molecule has 0 radical (unpaired) electrons. The SMILES string of the molecule is O=C(CCCN1C(=O)/C(=C/c2ccccc2OC(F)F)SC1=S)N(CCO)Cc1ccccc1. The molecule has 1 aliphatic rings. The summed E-state index contributed by atoms with van der Waals surface area (Å²) in [5, 5.41) is 9.33. The Morgan fingerprint density at radius 2 is 1.88 bits per heavy atom. The molecule has 2 aromatic rings. The Hall–Kier alpha value is -2.82. The zero-order valence-corrected chi connectivity index (χ0v) is 19.9. The highest BCUT2D eigenvalue weighted by molar-refractivity contribution is 8.26. The number of benzene rings is 2. The molecule has 2 amide bonds. The molecule has 3 rings (SSSR count). The van der Waals surface area contributed by atoms with Crippen LogP contribution in [0.2, 0.25) is 0 Å². The van der Waals surface area contributed by atoms with Gasteiger partial charge in [0.05, 0.1) is 11.5 Å². The van der Waals surface area contributed by atoms with E-state index in [9.17, 15) is 23.5 Å². The van der Waals surface area contributed by atoms with Crippen LogP contribution < -0.4 is 4.74 Å². The van der Waals surface area contributed by atoms with Crippen LogP contribution in [0.4, 0.5) is 8.78 Å².